The van der Waals surface area contributed by atoms with Crippen LogP contribution in [-0.2, 0) is 4.53 Å². The van der Waals surface area contributed by atoms with Crippen molar-refractivity contribution in [3.05, 3.63) is 29.3 Å². The van der Waals surface area contributed by atoms with Crippen molar-refractivity contribution in [1.82, 2.24) is 10.8 Å². The van der Waals surface area contributed by atoms with Crippen molar-refractivity contribution >= 4 is 20.2 Å². The van der Waals surface area contributed by atoms with Crippen molar-refractivity contribution in [3.8, 4) is 5.75 Å². The van der Waals surface area contributed by atoms with Gasteiger partial charge in [-0.3, -0.25) is 10.5 Å². The van der Waals surface area contributed by atoms with Gasteiger partial charge in [0.15, 0.2) is 0 Å². The van der Waals surface area contributed by atoms with E-state index in [1.807, 2.05) is 13.1 Å². The molecule has 0 spiro atoms. The number of carboxylic acid groups (broad SMARTS) is 1. The Hall–Kier alpha value is -2.20. The number of amides is 1. The van der Waals surface area contributed by atoms with Crippen molar-refractivity contribution in [2.75, 3.05) is 13.7 Å². The number of amidine groups is 1. The summed E-state index contributed by atoms with van der Waals surface area (Å²) in [5.74, 6) is -2.25. The molecule has 0 radical (unpaired) electrons. The Kier molecular flexibility index (Phi) is 6.34. The highest BCUT2D eigenvalue weighted by atomic mass is 28.4. The van der Waals surface area contributed by atoms with Gasteiger partial charge in [0.1, 0.15) is 29.3 Å². The van der Waals surface area contributed by atoms with Crippen LogP contribution in [0.2, 0.25) is 18.1 Å². The van der Waals surface area contributed by atoms with E-state index in [0.717, 1.165) is 12.1 Å². The molecule has 0 saturated carbocycles. The van der Waals surface area contributed by atoms with E-state index in [1.54, 1.807) is 0 Å². The molecular formula is C18H27F2N3O4Si. The number of hydrogen-bond donors (Lipinski definition) is 3. The van der Waals surface area contributed by atoms with Gasteiger partial charge in [-0.1, -0.05) is 20.8 Å². The smallest absolute Gasteiger partial charge is 0.405 e. The fourth-order valence-corrected chi connectivity index (χ4v) is 3.28. The molecule has 3 N–H and O–H groups in total. The fourth-order valence-electron chi connectivity index (χ4n) is 2.61. The first-order valence-corrected chi connectivity index (χ1v) is 11.8. The van der Waals surface area contributed by atoms with Crippen LogP contribution in [0.3, 0.4) is 0 Å². The van der Waals surface area contributed by atoms with Gasteiger partial charge in [-0.2, -0.15) is 0 Å². The monoisotopic (exact) mass is 415 g/mol. The fraction of sp³-hybridized carbons (Fsp3) is 0.556. The summed E-state index contributed by atoms with van der Waals surface area (Å²) >= 11 is 0. The average Bonchev–Trinajstić information content (AvgIpc) is 2.93. The molecule has 0 bridgehead atoms. The summed E-state index contributed by atoms with van der Waals surface area (Å²) in [5, 5.41) is 11.4. The van der Waals surface area contributed by atoms with Gasteiger partial charge in [-0.15, -0.1) is 0 Å². The first-order valence-electron chi connectivity index (χ1n) is 8.88. The lowest BCUT2D eigenvalue weighted by atomic mass is 9.92. The van der Waals surface area contributed by atoms with Gasteiger partial charge in [-0.25, -0.2) is 13.6 Å². The minimum absolute atomic E-state index is 0.00824. The first-order chi connectivity index (χ1) is 12.9. The molecule has 7 nitrogen and oxygen atoms in total. The number of hydrogen-bond acceptors (Lipinski definition) is 5. The number of nitrogens with zero attached hydrogens (tertiary/aromatic N) is 1. The molecule has 1 amide bonds. The molecule has 1 aromatic rings. The van der Waals surface area contributed by atoms with Crippen LogP contribution in [-0.4, -0.2) is 45.0 Å². The number of aliphatic imine (C=N–C) groups is 1. The second-order valence-corrected chi connectivity index (χ2v) is 13.0. The number of benzene rings is 1. The highest BCUT2D eigenvalue weighted by molar-refractivity contribution is 6.74. The molecule has 1 aliphatic heterocycles. The molecule has 0 aliphatic carbocycles. The molecule has 2 rings (SSSR count). The van der Waals surface area contributed by atoms with Gasteiger partial charge >= 0.3 is 6.09 Å². The third-order valence-corrected chi connectivity index (χ3v) is 9.54. The molecule has 0 unspecified atom stereocenters. The molecule has 10 heteroatoms. The largest absolute Gasteiger partial charge is 0.497 e. The van der Waals surface area contributed by atoms with Gasteiger partial charge < -0.3 is 19.7 Å². The maximum absolute atomic E-state index is 14.5. The van der Waals surface area contributed by atoms with E-state index in [9.17, 15) is 18.7 Å². The quantitative estimate of drug-likeness (QED) is 0.505. The van der Waals surface area contributed by atoms with Crippen molar-refractivity contribution in [2.45, 2.75) is 50.9 Å². The number of halogens is 2. The van der Waals surface area contributed by atoms with E-state index in [0.29, 0.717) is 0 Å². The summed E-state index contributed by atoms with van der Waals surface area (Å²) in [6.45, 7) is 10.2. The van der Waals surface area contributed by atoms with Crippen LogP contribution >= 0.6 is 0 Å². The maximum atomic E-state index is 14.5. The van der Waals surface area contributed by atoms with Crippen molar-refractivity contribution in [3.63, 3.8) is 0 Å². The van der Waals surface area contributed by atoms with E-state index in [1.165, 1.54) is 7.11 Å². The second-order valence-electron chi connectivity index (χ2n) is 8.23. The SMILES string of the molecule is COc1cc(F)c([C@@H]2CN=C(NO[Si](C)(C)C(C)(C)C)[C@H]2NC(=O)O)c(F)c1. The van der Waals surface area contributed by atoms with E-state index in [4.69, 9.17) is 9.26 Å². The molecule has 28 heavy (non-hydrogen) atoms. The van der Waals surface area contributed by atoms with Crippen molar-refractivity contribution in [2.24, 2.45) is 4.99 Å². The molecule has 156 valence electrons. The maximum Gasteiger partial charge on any atom is 0.405 e. The summed E-state index contributed by atoms with van der Waals surface area (Å²) < 4.78 is 39.8. The molecule has 1 heterocycles. The zero-order valence-electron chi connectivity index (χ0n) is 16.9. The van der Waals surface area contributed by atoms with Crippen molar-refractivity contribution in [1.29, 1.82) is 0 Å². The van der Waals surface area contributed by atoms with Gasteiger partial charge in [0.05, 0.1) is 13.7 Å². The minimum Gasteiger partial charge on any atom is -0.497 e. The van der Waals surface area contributed by atoms with Crippen LogP contribution in [0.4, 0.5) is 13.6 Å². The van der Waals surface area contributed by atoms with Gasteiger partial charge in [0.2, 0.25) is 8.32 Å². The third-order valence-electron chi connectivity index (χ3n) is 5.31. The predicted octanol–water partition coefficient (Wildman–Crippen LogP) is 3.63. The van der Waals surface area contributed by atoms with Crippen LogP contribution < -0.4 is 15.5 Å². The van der Waals surface area contributed by atoms with E-state index in [-0.39, 0.29) is 28.7 Å². The minimum atomic E-state index is -2.21. The summed E-state index contributed by atoms with van der Waals surface area (Å²) in [4.78, 5) is 15.5. The normalized spacial score (nSPS) is 19.9. The summed E-state index contributed by atoms with van der Waals surface area (Å²) in [6, 6.07) is 1.15. The van der Waals surface area contributed by atoms with Gasteiger partial charge in [0, 0.05) is 23.6 Å². The van der Waals surface area contributed by atoms with E-state index < -0.39 is 38.0 Å². The van der Waals surface area contributed by atoms with E-state index >= 15 is 0 Å². The highest BCUT2D eigenvalue weighted by Crippen LogP contribution is 2.36. The van der Waals surface area contributed by atoms with Crippen LogP contribution in [0.25, 0.3) is 0 Å². The topological polar surface area (TPSA) is 92.2 Å². The number of rotatable bonds is 5. The Bertz CT molecular complexity index is 758. The molecule has 2 atom stereocenters. The first kappa shape index (κ1) is 22.1. The Morgan fingerprint density at radius 2 is 1.86 bits per heavy atom. The van der Waals surface area contributed by atoms with Crippen LogP contribution in [0, 0.1) is 11.6 Å². The van der Waals surface area contributed by atoms with Gasteiger partial charge in [-0.05, 0) is 18.1 Å². The molecule has 1 aromatic carbocycles. The number of nitrogens with one attached hydrogen (secondary N) is 2. The second kappa shape index (κ2) is 8.04. The molecule has 1 aliphatic rings. The zero-order chi connectivity index (χ0) is 21.3. The number of ether oxygens (including phenoxy) is 1. The Balaban J connectivity index is 2.29. The molecule has 0 saturated heterocycles. The van der Waals surface area contributed by atoms with Crippen LogP contribution in [0.1, 0.15) is 32.3 Å². The zero-order valence-corrected chi connectivity index (χ0v) is 17.9. The van der Waals surface area contributed by atoms with Crippen LogP contribution in [0.5, 0.6) is 5.75 Å². The summed E-state index contributed by atoms with van der Waals surface area (Å²) in [6.07, 6.45) is -1.33. The van der Waals surface area contributed by atoms with E-state index in [2.05, 4.69) is 36.6 Å². The Labute approximate surface area is 164 Å². The number of carbonyl (C=O) groups is 1. The lowest BCUT2D eigenvalue weighted by Crippen LogP contribution is -2.52. The highest BCUT2D eigenvalue weighted by Gasteiger charge is 2.41. The Morgan fingerprint density at radius 1 is 1.29 bits per heavy atom. The number of hydroxylamine groups is 1. The summed E-state index contributed by atoms with van der Waals surface area (Å²) in [5.41, 5.74) is 2.52. The Morgan fingerprint density at radius 3 is 2.32 bits per heavy atom. The lowest BCUT2D eigenvalue weighted by molar-refractivity contribution is 0.189. The molecular weight excluding hydrogens is 388 g/mol. The molecule has 0 aromatic heterocycles. The van der Waals surface area contributed by atoms with Crippen LogP contribution in [0.15, 0.2) is 17.1 Å². The predicted molar refractivity (Wildman–Crippen MR) is 104 cm³/mol. The molecule has 0 fully saturated rings. The van der Waals surface area contributed by atoms with Gasteiger partial charge in [0.25, 0.3) is 0 Å². The summed E-state index contributed by atoms with van der Waals surface area (Å²) in [7, 11) is -0.902. The average molecular weight is 416 g/mol. The standard InChI is InChI=1S/C18H27F2N3O4Si/c1-18(2,3)28(5,6)27-23-16-15(22-17(24)25)11(9-21-16)14-12(19)7-10(26-4)8-13(14)20/h7-8,11,15,22H,9H2,1-6H3,(H,21,23)(H,24,25)/t11-,15-/m0/s1. The third kappa shape index (κ3) is 4.61. The lowest BCUT2D eigenvalue weighted by Gasteiger charge is -2.36. The van der Waals surface area contributed by atoms with Crippen molar-refractivity contribution < 1.29 is 27.9 Å². The number of methoxy groups -OCH3 is 1.